The highest BCUT2D eigenvalue weighted by Crippen LogP contribution is 2.04. The maximum atomic E-state index is 12.7. The Labute approximate surface area is 105 Å². The number of carbonyl (C=O) groups excluding carboxylic acids is 1. The molecule has 0 atom stereocenters. The third-order valence-corrected chi connectivity index (χ3v) is 2.77. The first kappa shape index (κ1) is 12.5. The van der Waals surface area contributed by atoms with Gasteiger partial charge in [-0.3, -0.25) is 4.79 Å². The number of benzene rings is 2. The SMILES string of the molecule is Cc1ccc(C(=O)C[NH2+]c2ccc(F)cc2)cc1. The third-order valence-electron chi connectivity index (χ3n) is 2.77. The van der Waals surface area contributed by atoms with Gasteiger partial charge in [0.1, 0.15) is 18.0 Å². The minimum atomic E-state index is -0.267. The Morgan fingerprint density at radius 1 is 1.06 bits per heavy atom. The summed E-state index contributed by atoms with van der Waals surface area (Å²) in [4.78, 5) is 11.9. The lowest BCUT2D eigenvalue weighted by atomic mass is 10.1. The van der Waals surface area contributed by atoms with E-state index < -0.39 is 0 Å². The van der Waals surface area contributed by atoms with Gasteiger partial charge in [-0.2, -0.15) is 0 Å². The molecular formula is C15H15FNO+. The van der Waals surface area contributed by atoms with Crippen LogP contribution in [0, 0.1) is 12.7 Å². The van der Waals surface area contributed by atoms with Crippen LogP contribution in [-0.4, -0.2) is 12.3 Å². The van der Waals surface area contributed by atoms with Gasteiger partial charge in [0.25, 0.3) is 0 Å². The number of quaternary nitrogens is 1. The summed E-state index contributed by atoms with van der Waals surface area (Å²) >= 11 is 0. The van der Waals surface area contributed by atoms with E-state index in [1.165, 1.54) is 12.1 Å². The second-order valence-corrected chi connectivity index (χ2v) is 4.25. The lowest BCUT2D eigenvalue weighted by molar-refractivity contribution is -0.557. The number of rotatable bonds is 4. The van der Waals surface area contributed by atoms with Gasteiger partial charge in [-0.05, 0) is 19.1 Å². The zero-order chi connectivity index (χ0) is 13.0. The summed E-state index contributed by atoms with van der Waals surface area (Å²) in [5, 5.41) is 1.81. The second kappa shape index (κ2) is 5.56. The maximum absolute atomic E-state index is 12.7. The molecule has 2 aromatic carbocycles. The summed E-state index contributed by atoms with van der Waals surface area (Å²) in [6, 6.07) is 13.6. The van der Waals surface area contributed by atoms with E-state index in [0.717, 1.165) is 11.3 Å². The van der Waals surface area contributed by atoms with Crippen molar-refractivity contribution in [3.63, 3.8) is 0 Å². The lowest BCUT2D eigenvalue weighted by Gasteiger charge is -2.01. The van der Waals surface area contributed by atoms with E-state index in [4.69, 9.17) is 0 Å². The molecule has 2 N–H and O–H groups in total. The average molecular weight is 244 g/mol. The first-order valence-corrected chi connectivity index (χ1v) is 5.84. The van der Waals surface area contributed by atoms with Crippen LogP contribution >= 0.6 is 0 Å². The van der Waals surface area contributed by atoms with Crippen LogP contribution in [0.1, 0.15) is 15.9 Å². The van der Waals surface area contributed by atoms with E-state index in [0.29, 0.717) is 12.1 Å². The van der Waals surface area contributed by atoms with E-state index >= 15 is 0 Å². The molecule has 0 amide bonds. The monoisotopic (exact) mass is 244 g/mol. The zero-order valence-electron chi connectivity index (χ0n) is 10.2. The average Bonchev–Trinajstić information content (AvgIpc) is 2.38. The highest BCUT2D eigenvalue weighted by molar-refractivity contribution is 5.96. The van der Waals surface area contributed by atoms with E-state index in [-0.39, 0.29) is 11.6 Å². The van der Waals surface area contributed by atoms with Crippen LogP contribution in [0.3, 0.4) is 0 Å². The van der Waals surface area contributed by atoms with Gasteiger partial charge in [0, 0.05) is 17.7 Å². The van der Waals surface area contributed by atoms with Crippen molar-refractivity contribution in [1.82, 2.24) is 0 Å². The molecule has 0 heterocycles. The van der Waals surface area contributed by atoms with Crippen LogP contribution in [0.2, 0.25) is 0 Å². The maximum Gasteiger partial charge on any atom is 0.217 e. The van der Waals surface area contributed by atoms with Gasteiger partial charge >= 0.3 is 0 Å². The van der Waals surface area contributed by atoms with Gasteiger partial charge in [-0.15, -0.1) is 0 Å². The second-order valence-electron chi connectivity index (χ2n) is 4.25. The molecule has 0 aromatic heterocycles. The minimum Gasteiger partial charge on any atom is -0.307 e. The molecule has 0 bridgehead atoms. The van der Waals surface area contributed by atoms with Crippen molar-refractivity contribution < 1.29 is 14.5 Å². The van der Waals surface area contributed by atoms with Gasteiger partial charge in [0.15, 0.2) is 0 Å². The molecule has 0 spiro atoms. The molecule has 0 aliphatic heterocycles. The Bertz CT molecular complexity index is 531. The Kier molecular flexibility index (Phi) is 3.85. The molecule has 0 unspecified atom stereocenters. The summed E-state index contributed by atoms with van der Waals surface area (Å²) in [6.45, 7) is 2.31. The van der Waals surface area contributed by atoms with E-state index in [1.807, 2.05) is 36.5 Å². The van der Waals surface area contributed by atoms with Crippen LogP contribution < -0.4 is 5.32 Å². The smallest absolute Gasteiger partial charge is 0.217 e. The lowest BCUT2D eigenvalue weighted by Crippen LogP contribution is -2.79. The molecule has 0 radical (unpaired) electrons. The van der Waals surface area contributed by atoms with Crippen molar-refractivity contribution in [2.24, 2.45) is 0 Å². The Morgan fingerprint density at radius 3 is 2.28 bits per heavy atom. The molecule has 0 saturated carbocycles. The first-order valence-electron chi connectivity index (χ1n) is 5.84. The summed E-state index contributed by atoms with van der Waals surface area (Å²) < 4.78 is 12.7. The molecule has 3 heteroatoms. The van der Waals surface area contributed by atoms with Gasteiger partial charge in [0.05, 0.1) is 0 Å². The highest BCUT2D eigenvalue weighted by atomic mass is 19.1. The predicted molar refractivity (Wildman–Crippen MR) is 68.4 cm³/mol. The third kappa shape index (κ3) is 3.25. The fourth-order valence-electron chi connectivity index (χ4n) is 1.67. The van der Waals surface area contributed by atoms with E-state index in [1.54, 1.807) is 12.1 Å². The number of nitrogens with two attached hydrogens (primary N) is 1. The standard InChI is InChI=1S/C15H14FNO/c1-11-2-4-12(5-3-11)15(18)10-17-14-8-6-13(16)7-9-14/h2-9,17H,10H2,1H3/p+1. The first-order chi connectivity index (χ1) is 8.65. The molecule has 0 aliphatic carbocycles. The number of aryl methyl sites for hydroxylation is 1. The predicted octanol–water partition coefficient (Wildman–Crippen LogP) is 2.21. The fraction of sp³-hybridized carbons (Fsp3) is 0.133. The highest BCUT2D eigenvalue weighted by Gasteiger charge is 2.08. The molecular weight excluding hydrogens is 229 g/mol. The van der Waals surface area contributed by atoms with Crippen molar-refractivity contribution >= 4 is 11.5 Å². The summed E-state index contributed by atoms with van der Waals surface area (Å²) in [7, 11) is 0. The molecule has 18 heavy (non-hydrogen) atoms. The Balaban J connectivity index is 1.96. The van der Waals surface area contributed by atoms with E-state index in [9.17, 15) is 9.18 Å². The topological polar surface area (TPSA) is 33.7 Å². The van der Waals surface area contributed by atoms with Crippen LogP contribution in [0.15, 0.2) is 48.5 Å². The summed E-state index contributed by atoms with van der Waals surface area (Å²) in [6.07, 6.45) is 0. The Morgan fingerprint density at radius 2 is 1.67 bits per heavy atom. The molecule has 2 nitrogen and oxygen atoms in total. The van der Waals surface area contributed by atoms with Crippen molar-refractivity contribution in [1.29, 1.82) is 0 Å². The van der Waals surface area contributed by atoms with Crippen molar-refractivity contribution in [2.75, 3.05) is 6.54 Å². The largest absolute Gasteiger partial charge is 0.307 e. The fourth-order valence-corrected chi connectivity index (χ4v) is 1.67. The van der Waals surface area contributed by atoms with Crippen molar-refractivity contribution in [2.45, 2.75) is 6.92 Å². The van der Waals surface area contributed by atoms with Crippen LogP contribution in [-0.2, 0) is 0 Å². The van der Waals surface area contributed by atoms with Crippen LogP contribution in [0.25, 0.3) is 0 Å². The van der Waals surface area contributed by atoms with Gasteiger partial charge in [0.2, 0.25) is 5.78 Å². The number of halogens is 1. The van der Waals surface area contributed by atoms with Crippen LogP contribution in [0.5, 0.6) is 0 Å². The quantitative estimate of drug-likeness (QED) is 0.649. The molecule has 2 aromatic rings. The molecule has 0 aliphatic rings. The molecule has 0 saturated heterocycles. The summed E-state index contributed by atoms with van der Waals surface area (Å²) in [5.41, 5.74) is 2.70. The van der Waals surface area contributed by atoms with Gasteiger partial charge in [-0.25, -0.2) is 4.39 Å². The van der Waals surface area contributed by atoms with Crippen molar-refractivity contribution in [3.8, 4) is 0 Å². The number of Topliss-reactive ketones (excluding diaryl/α,β-unsaturated/α-hetero) is 1. The molecule has 2 rings (SSSR count). The Hall–Kier alpha value is -2.00. The molecule has 92 valence electrons. The number of hydrogen-bond donors (Lipinski definition) is 1. The normalized spacial score (nSPS) is 10.3. The number of hydrogen-bond acceptors (Lipinski definition) is 1. The number of carbonyl (C=O) groups is 1. The minimum absolute atomic E-state index is 0.0688. The zero-order valence-corrected chi connectivity index (χ0v) is 10.2. The van der Waals surface area contributed by atoms with Crippen LogP contribution in [0.4, 0.5) is 10.1 Å². The summed E-state index contributed by atoms with van der Waals surface area (Å²) in [5.74, 6) is -0.198. The van der Waals surface area contributed by atoms with E-state index in [2.05, 4.69) is 0 Å². The van der Waals surface area contributed by atoms with Gasteiger partial charge < -0.3 is 5.32 Å². The number of ketones is 1. The molecule has 0 fully saturated rings. The van der Waals surface area contributed by atoms with Crippen molar-refractivity contribution in [3.05, 3.63) is 65.5 Å². The van der Waals surface area contributed by atoms with Gasteiger partial charge in [-0.1, -0.05) is 29.8 Å².